The smallest absolute Gasteiger partial charge is 0.315 e. The fraction of sp³-hybridized carbons (Fsp3) is 0.364. The molecule has 1 saturated heterocycles. The SMILES string of the molecule is COc1ccc([C@H]2CCCN2C(=O)CNC(=O)NCc2ccccc2)c(OC)c1. The molecule has 1 atom stereocenters. The molecule has 0 radical (unpaired) electrons. The fourth-order valence-electron chi connectivity index (χ4n) is 3.58. The number of likely N-dealkylation sites (tertiary alicyclic amines) is 1. The summed E-state index contributed by atoms with van der Waals surface area (Å²) in [5.41, 5.74) is 1.95. The highest BCUT2D eigenvalue weighted by molar-refractivity contribution is 5.84. The van der Waals surface area contributed by atoms with Gasteiger partial charge < -0.3 is 25.0 Å². The first-order chi connectivity index (χ1) is 14.1. The van der Waals surface area contributed by atoms with Crippen molar-refractivity contribution in [2.24, 2.45) is 0 Å². The molecule has 0 saturated carbocycles. The Hall–Kier alpha value is -3.22. The minimum Gasteiger partial charge on any atom is -0.497 e. The van der Waals surface area contributed by atoms with Gasteiger partial charge in [0.05, 0.1) is 26.8 Å². The third kappa shape index (κ3) is 5.19. The lowest BCUT2D eigenvalue weighted by molar-refractivity contribution is -0.131. The summed E-state index contributed by atoms with van der Waals surface area (Å²) < 4.78 is 10.8. The van der Waals surface area contributed by atoms with Crippen LogP contribution in [-0.2, 0) is 11.3 Å². The zero-order chi connectivity index (χ0) is 20.6. The summed E-state index contributed by atoms with van der Waals surface area (Å²) in [5.74, 6) is 1.29. The molecule has 2 N–H and O–H groups in total. The molecule has 0 unspecified atom stereocenters. The Morgan fingerprint density at radius 1 is 1.07 bits per heavy atom. The van der Waals surface area contributed by atoms with E-state index in [4.69, 9.17) is 9.47 Å². The number of carbonyl (C=O) groups is 2. The highest BCUT2D eigenvalue weighted by Crippen LogP contribution is 2.38. The van der Waals surface area contributed by atoms with Gasteiger partial charge >= 0.3 is 6.03 Å². The van der Waals surface area contributed by atoms with Crippen molar-refractivity contribution >= 4 is 11.9 Å². The summed E-state index contributed by atoms with van der Waals surface area (Å²) in [5, 5.41) is 5.42. The van der Waals surface area contributed by atoms with Crippen LogP contribution in [0.1, 0.15) is 30.0 Å². The summed E-state index contributed by atoms with van der Waals surface area (Å²) in [6, 6.07) is 14.8. The molecule has 7 nitrogen and oxygen atoms in total. The van der Waals surface area contributed by atoms with Crippen LogP contribution in [0.25, 0.3) is 0 Å². The lowest BCUT2D eigenvalue weighted by atomic mass is 10.0. The quantitative estimate of drug-likeness (QED) is 0.753. The van der Waals surface area contributed by atoms with Gasteiger partial charge in [-0.3, -0.25) is 4.79 Å². The van der Waals surface area contributed by atoms with Gasteiger partial charge in [-0.25, -0.2) is 4.79 Å². The van der Waals surface area contributed by atoms with Gasteiger partial charge in [0.25, 0.3) is 0 Å². The summed E-state index contributed by atoms with van der Waals surface area (Å²) in [4.78, 5) is 26.6. The van der Waals surface area contributed by atoms with Crippen LogP contribution in [-0.4, -0.2) is 44.1 Å². The lowest BCUT2D eigenvalue weighted by Crippen LogP contribution is -2.43. The third-order valence-corrected chi connectivity index (χ3v) is 5.07. The van der Waals surface area contributed by atoms with Crippen molar-refractivity contribution in [2.75, 3.05) is 27.3 Å². The number of nitrogens with one attached hydrogen (secondary N) is 2. The van der Waals surface area contributed by atoms with Crippen LogP contribution in [0.5, 0.6) is 11.5 Å². The van der Waals surface area contributed by atoms with Gasteiger partial charge in [-0.15, -0.1) is 0 Å². The molecule has 154 valence electrons. The second kappa shape index (κ2) is 9.82. The molecule has 7 heteroatoms. The van der Waals surface area contributed by atoms with Gasteiger partial charge in [0.1, 0.15) is 11.5 Å². The van der Waals surface area contributed by atoms with E-state index in [-0.39, 0.29) is 24.5 Å². The van der Waals surface area contributed by atoms with Gasteiger partial charge in [-0.05, 0) is 30.5 Å². The van der Waals surface area contributed by atoms with E-state index in [1.807, 2.05) is 53.4 Å². The number of rotatable bonds is 7. The first-order valence-electron chi connectivity index (χ1n) is 9.69. The molecule has 1 fully saturated rings. The predicted octanol–water partition coefficient (Wildman–Crippen LogP) is 2.87. The average Bonchev–Trinajstić information content (AvgIpc) is 3.26. The van der Waals surface area contributed by atoms with E-state index in [1.54, 1.807) is 14.2 Å². The molecular weight excluding hydrogens is 370 g/mol. The molecule has 3 rings (SSSR count). The molecule has 3 amide bonds. The Balaban J connectivity index is 1.57. The molecular formula is C22H27N3O4. The number of benzene rings is 2. The lowest BCUT2D eigenvalue weighted by Gasteiger charge is -2.26. The average molecular weight is 397 g/mol. The van der Waals surface area contributed by atoms with Crippen molar-refractivity contribution < 1.29 is 19.1 Å². The minimum absolute atomic E-state index is 0.0460. The van der Waals surface area contributed by atoms with Gasteiger partial charge in [0.15, 0.2) is 0 Å². The zero-order valence-electron chi connectivity index (χ0n) is 16.8. The maximum Gasteiger partial charge on any atom is 0.315 e. The van der Waals surface area contributed by atoms with E-state index in [0.717, 1.165) is 24.0 Å². The van der Waals surface area contributed by atoms with Gasteiger partial charge in [-0.1, -0.05) is 30.3 Å². The normalized spacial score (nSPS) is 15.7. The molecule has 0 aromatic heterocycles. The molecule has 0 aliphatic carbocycles. The number of amides is 3. The van der Waals surface area contributed by atoms with E-state index in [9.17, 15) is 9.59 Å². The van der Waals surface area contributed by atoms with Crippen LogP contribution in [0.2, 0.25) is 0 Å². The number of ether oxygens (including phenoxy) is 2. The number of methoxy groups -OCH3 is 2. The second-order valence-electron chi connectivity index (χ2n) is 6.87. The summed E-state index contributed by atoms with van der Waals surface area (Å²) in [6.07, 6.45) is 1.76. The van der Waals surface area contributed by atoms with E-state index in [0.29, 0.717) is 24.6 Å². The molecule has 1 heterocycles. The highest BCUT2D eigenvalue weighted by Gasteiger charge is 2.31. The number of urea groups is 1. The molecule has 1 aliphatic heterocycles. The van der Waals surface area contributed by atoms with Crippen molar-refractivity contribution in [1.82, 2.24) is 15.5 Å². The number of carbonyl (C=O) groups excluding carboxylic acids is 2. The molecule has 0 bridgehead atoms. The van der Waals surface area contributed by atoms with Gasteiger partial charge in [-0.2, -0.15) is 0 Å². The Kier molecular flexibility index (Phi) is 6.94. The van der Waals surface area contributed by atoms with Gasteiger partial charge in [0.2, 0.25) is 5.91 Å². The van der Waals surface area contributed by atoms with Crippen LogP contribution >= 0.6 is 0 Å². The molecule has 2 aromatic carbocycles. The number of hydrogen-bond donors (Lipinski definition) is 2. The first kappa shape index (κ1) is 20.5. The summed E-state index contributed by atoms with van der Waals surface area (Å²) in [6.45, 7) is 1.03. The number of nitrogens with zero attached hydrogens (tertiary/aromatic N) is 1. The van der Waals surface area contributed by atoms with Crippen LogP contribution in [0.15, 0.2) is 48.5 Å². The Bertz CT molecular complexity index is 841. The molecule has 1 aliphatic rings. The summed E-state index contributed by atoms with van der Waals surface area (Å²) in [7, 11) is 3.21. The van der Waals surface area contributed by atoms with E-state index in [2.05, 4.69) is 10.6 Å². The first-order valence-corrected chi connectivity index (χ1v) is 9.69. The maximum atomic E-state index is 12.7. The topological polar surface area (TPSA) is 79.9 Å². The van der Waals surface area contributed by atoms with Crippen molar-refractivity contribution in [3.63, 3.8) is 0 Å². The Morgan fingerprint density at radius 3 is 2.59 bits per heavy atom. The van der Waals surface area contributed by atoms with E-state index in [1.165, 1.54) is 0 Å². The molecule has 2 aromatic rings. The number of hydrogen-bond acceptors (Lipinski definition) is 4. The Labute approximate surface area is 171 Å². The van der Waals surface area contributed by atoms with Crippen molar-refractivity contribution in [3.05, 3.63) is 59.7 Å². The standard InChI is InChI=1S/C22H27N3O4/c1-28-17-10-11-18(20(13-17)29-2)19-9-6-12-25(19)21(26)15-24-22(27)23-14-16-7-4-3-5-8-16/h3-5,7-8,10-11,13,19H,6,9,12,14-15H2,1-2H3,(H2,23,24,27)/t19-/m1/s1. The van der Waals surface area contributed by atoms with Crippen molar-refractivity contribution in [1.29, 1.82) is 0 Å². The Morgan fingerprint density at radius 2 is 1.86 bits per heavy atom. The molecule has 29 heavy (non-hydrogen) atoms. The molecule has 0 spiro atoms. The maximum absolute atomic E-state index is 12.7. The third-order valence-electron chi connectivity index (χ3n) is 5.07. The fourth-order valence-corrected chi connectivity index (χ4v) is 3.58. The van der Waals surface area contributed by atoms with Crippen LogP contribution in [0.3, 0.4) is 0 Å². The van der Waals surface area contributed by atoms with Crippen molar-refractivity contribution in [2.45, 2.75) is 25.4 Å². The minimum atomic E-state index is -0.361. The van der Waals surface area contributed by atoms with E-state index < -0.39 is 0 Å². The largest absolute Gasteiger partial charge is 0.497 e. The monoisotopic (exact) mass is 397 g/mol. The van der Waals surface area contributed by atoms with Crippen molar-refractivity contribution in [3.8, 4) is 11.5 Å². The van der Waals surface area contributed by atoms with Gasteiger partial charge in [0, 0.05) is 24.7 Å². The van der Waals surface area contributed by atoms with E-state index >= 15 is 0 Å². The zero-order valence-corrected chi connectivity index (χ0v) is 16.8. The van der Waals surface area contributed by atoms with Crippen LogP contribution in [0.4, 0.5) is 4.79 Å². The summed E-state index contributed by atoms with van der Waals surface area (Å²) >= 11 is 0. The van der Waals surface area contributed by atoms with Crippen LogP contribution in [0, 0.1) is 0 Å². The highest BCUT2D eigenvalue weighted by atomic mass is 16.5. The second-order valence-corrected chi connectivity index (χ2v) is 6.87. The van der Waals surface area contributed by atoms with Crippen LogP contribution < -0.4 is 20.1 Å². The predicted molar refractivity (Wildman–Crippen MR) is 110 cm³/mol.